The molecule has 3 amide bonds. The number of hydrogen-bond acceptors (Lipinski definition) is 8. The van der Waals surface area contributed by atoms with Gasteiger partial charge in [0.1, 0.15) is 23.6 Å². The molecule has 0 aliphatic carbocycles. The maximum atomic E-state index is 13.9. The van der Waals surface area contributed by atoms with Crippen molar-refractivity contribution in [3.8, 4) is 5.75 Å². The quantitative estimate of drug-likeness (QED) is 0.298. The number of benzene rings is 2. The van der Waals surface area contributed by atoms with Crippen LogP contribution in [0.1, 0.15) is 34.2 Å². The van der Waals surface area contributed by atoms with Crippen LogP contribution in [0.5, 0.6) is 5.75 Å². The van der Waals surface area contributed by atoms with E-state index in [1.807, 2.05) is 43.3 Å². The SMILES string of the molecule is CCN1C(=O)N(Cc2ccc(OC)cc2)c2cc(CN3CCN(c4ccc(C(=O)NC)nc4C(F)(F)F)CC3)cc3ncnc1c23. The fourth-order valence-electron chi connectivity index (χ4n) is 5.98. The van der Waals surface area contributed by atoms with Crippen molar-refractivity contribution in [3.05, 3.63) is 77.4 Å². The fraction of sp³-hybridized carbons (Fsp3) is 0.344. The number of hydrogen-bond donors (Lipinski definition) is 1. The molecule has 6 rings (SSSR count). The number of urea groups is 1. The van der Waals surface area contributed by atoms with Crippen LogP contribution < -0.4 is 24.8 Å². The van der Waals surface area contributed by atoms with Gasteiger partial charge < -0.3 is 15.0 Å². The molecule has 0 unspecified atom stereocenters. The van der Waals surface area contributed by atoms with Crippen LogP contribution in [0.2, 0.25) is 0 Å². The standard InChI is InChI=1S/C32H33F3N8O3/c1-4-42-29-27-24(37-19-38-29)15-21(16-26(27)43(31(42)45)18-20-5-7-22(46-3)8-6-20)17-40-11-13-41(14-12-40)25-10-9-23(30(44)36-2)39-28(25)32(33,34)35/h5-10,15-16,19H,4,11-14,17-18H2,1-3H3,(H,36,44). The third-order valence-electron chi connectivity index (χ3n) is 8.30. The predicted molar refractivity (Wildman–Crippen MR) is 167 cm³/mol. The van der Waals surface area contributed by atoms with Crippen LogP contribution in [-0.2, 0) is 19.3 Å². The largest absolute Gasteiger partial charge is 0.497 e. The average Bonchev–Trinajstić information content (AvgIpc) is 3.06. The maximum Gasteiger partial charge on any atom is 0.435 e. The smallest absolute Gasteiger partial charge is 0.435 e. The molecular weight excluding hydrogens is 601 g/mol. The summed E-state index contributed by atoms with van der Waals surface area (Å²) in [5, 5.41) is 3.10. The van der Waals surface area contributed by atoms with Crippen LogP contribution in [0.15, 0.2) is 54.9 Å². The molecule has 240 valence electrons. The van der Waals surface area contributed by atoms with Gasteiger partial charge in [0.15, 0.2) is 5.69 Å². The minimum Gasteiger partial charge on any atom is -0.497 e. The molecule has 2 aliphatic rings. The highest BCUT2D eigenvalue weighted by Gasteiger charge is 2.38. The van der Waals surface area contributed by atoms with Gasteiger partial charge in [-0.15, -0.1) is 0 Å². The van der Waals surface area contributed by atoms with Gasteiger partial charge in [0.05, 0.1) is 35.9 Å². The first-order valence-corrected chi connectivity index (χ1v) is 14.9. The summed E-state index contributed by atoms with van der Waals surface area (Å²) in [5.74, 6) is 0.606. The Labute approximate surface area is 263 Å². The number of pyridine rings is 1. The molecule has 1 N–H and O–H groups in total. The fourth-order valence-corrected chi connectivity index (χ4v) is 5.98. The number of aromatic nitrogens is 3. The summed E-state index contributed by atoms with van der Waals surface area (Å²) in [5.41, 5.74) is 1.86. The molecule has 0 spiro atoms. The molecule has 46 heavy (non-hydrogen) atoms. The number of carbonyl (C=O) groups is 2. The Balaban J connectivity index is 1.25. The molecule has 2 aromatic heterocycles. The Morgan fingerprint density at radius 1 is 0.935 bits per heavy atom. The van der Waals surface area contributed by atoms with Gasteiger partial charge in [0.25, 0.3) is 5.91 Å². The summed E-state index contributed by atoms with van der Waals surface area (Å²) in [6.07, 6.45) is -3.26. The van der Waals surface area contributed by atoms with Gasteiger partial charge in [-0.1, -0.05) is 12.1 Å². The molecule has 14 heteroatoms. The molecule has 1 saturated heterocycles. The van der Waals surface area contributed by atoms with Crippen molar-refractivity contribution in [3.63, 3.8) is 0 Å². The Kier molecular flexibility index (Phi) is 8.38. The van der Waals surface area contributed by atoms with E-state index in [2.05, 4.69) is 25.2 Å². The second-order valence-electron chi connectivity index (χ2n) is 11.1. The highest BCUT2D eigenvalue weighted by molar-refractivity contribution is 6.18. The zero-order valence-corrected chi connectivity index (χ0v) is 25.6. The molecule has 4 heterocycles. The zero-order valence-electron chi connectivity index (χ0n) is 25.6. The van der Waals surface area contributed by atoms with E-state index in [1.165, 1.54) is 25.5 Å². The summed E-state index contributed by atoms with van der Waals surface area (Å²) < 4.78 is 47.1. The lowest BCUT2D eigenvalue weighted by atomic mass is 10.0. The van der Waals surface area contributed by atoms with Crippen LogP contribution in [0.3, 0.4) is 0 Å². The van der Waals surface area contributed by atoms with Crippen molar-refractivity contribution < 1.29 is 27.5 Å². The highest BCUT2D eigenvalue weighted by Crippen LogP contribution is 2.40. The molecule has 2 aliphatic heterocycles. The molecule has 0 saturated carbocycles. The van der Waals surface area contributed by atoms with Crippen LogP contribution >= 0.6 is 0 Å². The van der Waals surface area contributed by atoms with E-state index in [4.69, 9.17) is 4.74 Å². The molecule has 4 aromatic rings. The number of halogens is 3. The van der Waals surface area contributed by atoms with Crippen molar-refractivity contribution in [2.75, 3.05) is 61.6 Å². The van der Waals surface area contributed by atoms with Crippen LogP contribution in [-0.4, -0.2) is 78.7 Å². The normalized spacial score (nSPS) is 15.4. The zero-order chi connectivity index (χ0) is 32.6. The molecular formula is C32H33F3N8O3. The number of piperazine rings is 1. The van der Waals surface area contributed by atoms with Gasteiger partial charge in [-0.05, 0) is 54.4 Å². The highest BCUT2D eigenvalue weighted by atomic mass is 19.4. The number of rotatable bonds is 8. The summed E-state index contributed by atoms with van der Waals surface area (Å²) >= 11 is 0. The molecule has 1 fully saturated rings. The van der Waals surface area contributed by atoms with E-state index in [0.717, 1.165) is 22.3 Å². The molecule has 0 atom stereocenters. The van der Waals surface area contributed by atoms with E-state index in [0.29, 0.717) is 62.8 Å². The Morgan fingerprint density at radius 3 is 2.33 bits per heavy atom. The number of alkyl halides is 3. The molecule has 0 radical (unpaired) electrons. The van der Waals surface area contributed by atoms with Gasteiger partial charge in [-0.2, -0.15) is 13.2 Å². The molecule has 2 aromatic carbocycles. The number of anilines is 3. The first-order chi connectivity index (χ1) is 22.1. The number of amides is 3. The maximum absolute atomic E-state index is 13.9. The van der Waals surface area contributed by atoms with Gasteiger partial charge in [-0.25, -0.2) is 19.7 Å². The van der Waals surface area contributed by atoms with E-state index < -0.39 is 17.8 Å². The van der Waals surface area contributed by atoms with Gasteiger partial charge in [-0.3, -0.25) is 19.5 Å². The molecule has 0 bridgehead atoms. The van der Waals surface area contributed by atoms with Crippen molar-refractivity contribution in [2.24, 2.45) is 0 Å². The van der Waals surface area contributed by atoms with Crippen molar-refractivity contribution >= 4 is 40.0 Å². The van der Waals surface area contributed by atoms with Gasteiger partial charge in [0, 0.05) is 46.3 Å². The van der Waals surface area contributed by atoms with Crippen molar-refractivity contribution in [1.29, 1.82) is 0 Å². The number of nitrogens with one attached hydrogen (secondary N) is 1. The second kappa shape index (κ2) is 12.4. The lowest BCUT2D eigenvalue weighted by Gasteiger charge is -2.38. The molecule has 11 nitrogen and oxygen atoms in total. The van der Waals surface area contributed by atoms with Crippen molar-refractivity contribution in [2.45, 2.75) is 26.2 Å². The number of methoxy groups -OCH3 is 1. The summed E-state index contributed by atoms with van der Waals surface area (Å²) in [4.78, 5) is 45.6. The number of nitrogens with zero attached hydrogens (tertiary/aromatic N) is 7. The first-order valence-electron chi connectivity index (χ1n) is 14.9. The lowest BCUT2D eigenvalue weighted by Crippen LogP contribution is -2.47. The van der Waals surface area contributed by atoms with Crippen LogP contribution in [0, 0.1) is 0 Å². The topological polar surface area (TPSA) is 107 Å². The predicted octanol–water partition coefficient (Wildman–Crippen LogP) is 4.70. The number of carbonyl (C=O) groups excluding carboxylic acids is 2. The monoisotopic (exact) mass is 634 g/mol. The van der Waals surface area contributed by atoms with E-state index in [9.17, 15) is 22.8 Å². The Morgan fingerprint density at radius 2 is 1.67 bits per heavy atom. The first kappa shape index (κ1) is 31.0. The van der Waals surface area contributed by atoms with Gasteiger partial charge >= 0.3 is 12.2 Å². The minimum absolute atomic E-state index is 0.0488. The Bertz CT molecular complexity index is 1780. The summed E-state index contributed by atoms with van der Waals surface area (Å²) in [6.45, 7) is 4.85. The van der Waals surface area contributed by atoms with E-state index in [-0.39, 0.29) is 17.4 Å². The van der Waals surface area contributed by atoms with Crippen molar-refractivity contribution in [1.82, 2.24) is 25.2 Å². The van der Waals surface area contributed by atoms with E-state index in [1.54, 1.807) is 21.8 Å². The van der Waals surface area contributed by atoms with Crippen LogP contribution in [0.25, 0.3) is 10.9 Å². The lowest BCUT2D eigenvalue weighted by molar-refractivity contribution is -0.140. The van der Waals surface area contributed by atoms with E-state index >= 15 is 0 Å². The number of ether oxygens (including phenoxy) is 1. The Hall–Kier alpha value is -4.98. The average molecular weight is 635 g/mol. The summed E-state index contributed by atoms with van der Waals surface area (Å²) in [7, 11) is 2.95. The van der Waals surface area contributed by atoms with Crippen LogP contribution in [0.4, 0.5) is 35.2 Å². The third kappa shape index (κ3) is 5.87. The summed E-state index contributed by atoms with van der Waals surface area (Å²) in [6, 6.07) is 14.0. The third-order valence-corrected chi connectivity index (χ3v) is 8.30. The minimum atomic E-state index is -4.72. The second-order valence-corrected chi connectivity index (χ2v) is 11.1. The van der Waals surface area contributed by atoms with Gasteiger partial charge in [0.2, 0.25) is 0 Å².